The van der Waals surface area contributed by atoms with Gasteiger partial charge in [-0.25, -0.2) is 0 Å². The Morgan fingerprint density at radius 3 is 2.75 bits per heavy atom. The van der Waals surface area contributed by atoms with Crippen molar-refractivity contribution in [1.29, 1.82) is 0 Å². The number of carbonyl (C=O) groups is 1. The van der Waals surface area contributed by atoms with Crippen LogP contribution in [0.5, 0.6) is 0 Å². The second-order valence-electron chi connectivity index (χ2n) is 5.03. The molecule has 1 amide bonds. The molecule has 0 aromatic heterocycles. The summed E-state index contributed by atoms with van der Waals surface area (Å²) in [6.07, 6.45) is 5.54. The van der Waals surface area contributed by atoms with Crippen LogP contribution in [0.2, 0.25) is 0 Å². The third kappa shape index (κ3) is 2.23. The number of hydrogen-bond acceptors (Lipinski definition) is 3. The Morgan fingerprint density at radius 1 is 1.56 bits per heavy atom. The number of hydrogen-bond donors (Lipinski definition) is 2. The predicted octanol–water partition coefficient (Wildman–Crippen LogP) is 0.812. The number of amides is 1. The lowest BCUT2D eigenvalue weighted by Crippen LogP contribution is -2.56. The smallest absolute Gasteiger partial charge is 0.237 e. The van der Waals surface area contributed by atoms with Gasteiger partial charge in [0.25, 0.3) is 0 Å². The largest absolute Gasteiger partial charge is 0.380 e. The molecule has 16 heavy (non-hydrogen) atoms. The van der Waals surface area contributed by atoms with Crippen LogP contribution in [-0.4, -0.2) is 37.2 Å². The van der Waals surface area contributed by atoms with Crippen LogP contribution in [0.3, 0.4) is 0 Å². The maximum atomic E-state index is 12.0. The summed E-state index contributed by atoms with van der Waals surface area (Å²) in [7, 11) is 1.70. The van der Waals surface area contributed by atoms with E-state index >= 15 is 0 Å². The Balaban J connectivity index is 1.84. The van der Waals surface area contributed by atoms with E-state index in [0.29, 0.717) is 0 Å². The highest BCUT2D eigenvalue weighted by atomic mass is 16.5. The molecule has 0 radical (unpaired) electrons. The maximum Gasteiger partial charge on any atom is 0.237 e. The van der Waals surface area contributed by atoms with Gasteiger partial charge in [-0.05, 0) is 32.1 Å². The van der Waals surface area contributed by atoms with Gasteiger partial charge in [0.05, 0.1) is 12.1 Å². The summed E-state index contributed by atoms with van der Waals surface area (Å²) >= 11 is 0. The lowest BCUT2D eigenvalue weighted by Gasteiger charge is -2.42. The summed E-state index contributed by atoms with van der Waals surface area (Å²) in [6.45, 7) is 2.94. The van der Waals surface area contributed by atoms with Crippen LogP contribution in [0.15, 0.2) is 0 Å². The zero-order valence-corrected chi connectivity index (χ0v) is 10.2. The fourth-order valence-corrected chi connectivity index (χ4v) is 2.60. The van der Waals surface area contributed by atoms with Crippen LogP contribution in [0, 0.1) is 0 Å². The van der Waals surface area contributed by atoms with E-state index in [1.807, 2.05) is 0 Å². The topological polar surface area (TPSA) is 50.4 Å². The van der Waals surface area contributed by atoms with Gasteiger partial charge in [-0.1, -0.05) is 6.92 Å². The van der Waals surface area contributed by atoms with Gasteiger partial charge >= 0.3 is 0 Å². The quantitative estimate of drug-likeness (QED) is 0.746. The van der Waals surface area contributed by atoms with Crippen molar-refractivity contribution in [1.82, 2.24) is 10.6 Å². The molecule has 0 bridgehead atoms. The van der Waals surface area contributed by atoms with Crippen LogP contribution in [0.4, 0.5) is 0 Å². The second kappa shape index (κ2) is 4.72. The summed E-state index contributed by atoms with van der Waals surface area (Å²) in [5.74, 6) is 0.154. The molecule has 0 aromatic rings. The van der Waals surface area contributed by atoms with Gasteiger partial charge < -0.3 is 15.4 Å². The molecule has 0 spiro atoms. The molecule has 92 valence electrons. The third-order valence-electron chi connectivity index (χ3n) is 4.12. The van der Waals surface area contributed by atoms with E-state index in [-0.39, 0.29) is 23.6 Å². The minimum Gasteiger partial charge on any atom is -0.380 e. The van der Waals surface area contributed by atoms with Crippen LogP contribution in [-0.2, 0) is 9.53 Å². The summed E-state index contributed by atoms with van der Waals surface area (Å²) < 4.78 is 5.25. The molecule has 4 heteroatoms. The summed E-state index contributed by atoms with van der Waals surface area (Å²) in [5, 5.41) is 6.42. The first-order chi connectivity index (χ1) is 7.69. The van der Waals surface area contributed by atoms with Crippen LogP contribution in [0.1, 0.15) is 39.0 Å². The normalized spacial score (nSPS) is 32.1. The van der Waals surface area contributed by atoms with Gasteiger partial charge in [0.15, 0.2) is 0 Å². The first kappa shape index (κ1) is 11.9. The fraction of sp³-hybridized carbons (Fsp3) is 0.917. The molecule has 1 aliphatic heterocycles. The van der Waals surface area contributed by atoms with E-state index in [1.54, 1.807) is 7.11 Å². The van der Waals surface area contributed by atoms with E-state index < -0.39 is 0 Å². The number of methoxy groups -OCH3 is 1. The predicted molar refractivity (Wildman–Crippen MR) is 62.2 cm³/mol. The zero-order chi connectivity index (χ0) is 11.6. The molecule has 2 unspecified atom stereocenters. The minimum absolute atomic E-state index is 0.0611. The molecule has 4 nitrogen and oxygen atoms in total. The number of ether oxygens (including phenoxy) is 1. The highest BCUT2D eigenvalue weighted by molar-refractivity contribution is 5.83. The molecule has 1 heterocycles. The van der Waals surface area contributed by atoms with E-state index in [0.717, 1.165) is 32.2 Å². The average Bonchev–Trinajstić information content (AvgIpc) is 2.71. The molecule has 1 saturated carbocycles. The molecule has 2 rings (SSSR count). The Kier molecular flexibility index (Phi) is 3.50. The molecule has 0 aromatic carbocycles. The Labute approximate surface area is 97.1 Å². The SMILES string of the molecule is CCC1(NC(=O)C2CC(OC)CN2)CCC1. The van der Waals surface area contributed by atoms with Crippen molar-refractivity contribution in [3.8, 4) is 0 Å². The second-order valence-corrected chi connectivity index (χ2v) is 5.03. The summed E-state index contributed by atoms with van der Waals surface area (Å²) in [6, 6.07) is -0.0611. The van der Waals surface area contributed by atoms with Crippen LogP contribution < -0.4 is 10.6 Å². The Morgan fingerprint density at radius 2 is 2.31 bits per heavy atom. The van der Waals surface area contributed by atoms with Crippen LogP contribution >= 0.6 is 0 Å². The molecule has 2 atom stereocenters. The number of carbonyl (C=O) groups excluding carboxylic acids is 1. The zero-order valence-electron chi connectivity index (χ0n) is 10.2. The fourth-order valence-electron chi connectivity index (χ4n) is 2.60. The van der Waals surface area contributed by atoms with E-state index in [1.165, 1.54) is 6.42 Å². The third-order valence-corrected chi connectivity index (χ3v) is 4.12. The molecule has 1 saturated heterocycles. The van der Waals surface area contributed by atoms with Gasteiger partial charge in [0.2, 0.25) is 5.91 Å². The van der Waals surface area contributed by atoms with Crippen molar-refractivity contribution < 1.29 is 9.53 Å². The highest BCUT2D eigenvalue weighted by Gasteiger charge is 2.39. The van der Waals surface area contributed by atoms with Gasteiger partial charge in [0, 0.05) is 19.2 Å². The molecular formula is C12H22N2O2. The molecular weight excluding hydrogens is 204 g/mol. The Bertz CT molecular complexity index is 258. The van der Waals surface area contributed by atoms with Crippen molar-refractivity contribution in [2.24, 2.45) is 0 Å². The van der Waals surface area contributed by atoms with Gasteiger partial charge in [0.1, 0.15) is 0 Å². The van der Waals surface area contributed by atoms with Gasteiger partial charge in [-0.3, -0.25) is 4.79 Å². The van der Waals surface area contributed by atoms with Gasteiger partial charge in [-0.2, -0.15) is 0 Å². The lowest BCUT2D eigenvalue weighted by atomic mass is 9.74. The molecule has 2 fully saturated rings. The lowest BCUT2D eigenvalue weighted by molar-refractivity contribution is -0.126. The summed E-state index contributed by atoms with van der Waals surface area (Å²) in [4.78, 5) is 12.0. The Hall–Kier alpha value is -0.610. The van der Waals surface area contributed by atoms with E-state index in [9.17, 15) is 4.79 Å². The molecule has 1 aliphatic carbocycles. The van der Waals surface area contributed by atoms with Crippen molar-refractivity contribution in [2.75, 3.05) is 13.7 Å². The summed E-state index contributed by atoms with van der Waals surface area (Å²) in [5.41, 5.74) is 0.101. The first-order valence-electron chi connectivity index (χ1n) is 6.27. The molecule has 2 N–H and O–H groups in total. The standard InChI is InChI=1S/C12H22N2O2/c1-3-12(5-4-6-12)14-11(15)10-7-9(16-2)8-13-10/h9-10,13H,3-8H2,1-2H3,(H,14,15). The average molecular weight is 226 g/mol. The van der Waals surface area contributed by atoms with Crippen molar-refractivity contribution in [3.05, 3.63) is 0 Å². The maximum absolute atomic E-state index is 12.0. The van der Waals surface area contributed by atoms with Crippen molar-refractivity contribution >= 4 is 5.91 Å². The molecule has 2 aliphatic rings. The van der Waals surface area contributed by atoms with Crippen LogP contribution in [0.25, 0.3) is 0 Å². The number of rotatable bonds is 4. The van der Waals surface area contributed by atoms with Gasteiger partial charge in [-0.15, -0.1) is 0 Å². The first-order valence-corrected chi connectivity index (χ1v) is 6.27. The van der Waals surface area contributed by atoms with Crippen molar-refractivity contribution in [2.45, 2.75) is 56.7 Å². The van der Waals surface area contributed by atoms with E-state index in [2.05, 4.69) is 17.6 Å². The monoisotopic (exact) mass is 226 g/mol. The number of nitrogens with one attached hydrogen (secondary N) is 2. The minimum atomic E-state index is -0.0611. The van der Waals surface area contributed by atoms with E-state index in [4.69, 9.17) is 4.74 Å². The van der Waals surface area contributed by atoms with Crippen molar-refractivity contribution in [3.63, 3.8) is 0 Å². The highest BCUT2D eigenvalue weighted by Crippen LogP contribution is 2.34.